The number of halogens is 1. The van der Waals surface area contributed by atoms with Crippen LogP contribution in [0.2, 0.25) is 0 Å². The summed E-state index contributed by atoms with van der Waals surface area (Å²) in [6.07, 6.45) is 0.979. The van der Waals surface area contributed by atoms with E-state index in [2.05, 4.69) is 59.8 Å². The van der Waals surface area contributed by atoms with Crippen LogP contribution in [0.15, 0.2) is 28.7 Å². The van der Waals surface area contributed by atoms with Crippen LogP contribution in [0.4, 0.5) is 0 Å². The molecule has 0 aromatic heterocycles. The number of nitrogens with zero attached hydrogens (tertiary/aromatic N) is 1. The molecular weight excluding hydrogens is 276 g/mol. The third kappa shape index (κ3) is 3.54. The number of hydrogen-bond donors (Lipinski definition) is 1. The first-order valence-electron chi connectivity index (χ1n) is 6.26. The molecule has 1 atom stereocenters. The standard InChI is InChI=1S/C14H23BrN2/c1-4-17(5-2)14(3,11-16)10-12-8-6-7-9-13(12)15/h6-9H,4-5,10-11,16H2,1-3H3. The van der Waals surface area contributed by atoms with Gasteiger partial charge in [-0.25, -0.2) is 0 Å². The van der Waals surface area contributed by atoms with E-state index in [1.807, 2.05) is 6.07 Å². The minimum Gasteiger partial charge on any atom is -0.329 e. The number of hydrogen-bond acceptors (Lipinski definition) is 2. The van der Waals surface area contributed by atoms with E-state index in [1.54, 1.807) is 0 Å². The lowest BCUT2D eigenvalue weighted by molar-refractivity contribution is 0.124. The van der Waals surface area contributed by atoms with Gasteiger partial charge in [-0.1, -0.05) is 48.0 Å². The van der Waals surface area contributed by atoms with Gasteiger partial charge in [0.25, 0.3) is 0 Å². The Morgan fingerprint density at radius 1 is 1.24 bits per heavy atom. The molecule has 2 N–H and O–H groups in total. The van der Waals surface area contributed by atoms with Gasteiger partial charge in [0.2, 0.25) is 0 Å². The molecule has 0 spiro atoms. The number of benzene rings is 1. The summed E-state index contributed by atoms with van der Waals surface area (Å²) in [5.41, 5.74) is 7.36. The predicted molar refractivity (Wildman–Crippen MR) is 78.2 cm³/mol. The van der Waals surface area contributed by atoms with Gasteiger partial charge in [-0.3, -0.25) is 4.90 Å². The summed E-state index contributed by atoms with van der Waals surface area (Å²) >= 11 is 3.61. The maximum absolute atomic E-state index is 6.00. The summed E-state index contributed by atoms with van der Waals surface area (Å²) in [6, 6.07) is 8.39. The van der Waals surface area contributed by atoms with Crippen LogP contribution < -0.4 is 5.73 Å². The number of nitrogens with two attached hydrogens (primary N) is 1. The minimum atomic E-state index is 0.0351. The number of likely N-dealkylation sites (N-methyl/N-ethyl adjacent to an activating group) is 1. The largest absolute Gasteiger partial charge is 0.329 e. The molecule has 1 aromatic rings. The van der Waals surface area contributed by atoms with E-state index < -0.39 is 0 Å². The van der Waals surface area contributed by atoms with Crippen molar-refractivity contribution in [3.05, 3.63) is 34.3 Å². The summed E-state index contributed by atoms with van der Waals surface area (Å²) in [7, 11) is 0. The van der Waals surface area contributed by atoms with Crippen LogP contribution in [0.5, 0.6) is 0 Å². The Bertz CT molecular complexity index is 350. The molecular formula is C14H23BrN2. The average Bonchev–Trinajstić information content (AvgIpc) is 2.33. The van der Waals surface area contributed by atoms with E-state index in [4.69, 9.17) is 5.73 Å². The smallest absolute Gasteiger partial charge is 0.0343 e. The van der Waals surface area contributed by atoms with Crippen LogP contribution in [0.1, 0.15) is 26.3 Å². The highest BCUT2D eigenvalue weighted by atomic mass is 79.9. The zero-order valence-corrected chi connectivity index (χ0v) is 12.6. The molecule has 1 rings (SSSR count). The van der Waals surface area contributed by atoms with Gasteiger partial charge in [0.05, 0.1) is 0 Å². The fourth-order valence-electron chi connectivity index (χ4n) is 2.35. The molecule has 1 unspecified atom stereocenters. The van der Waals surface area contributed by atoms with Crippen molar-refractivity contribution in [1.82, 2.24) is 4.90 Å². The zero-order chi connectivity index (χ0) is 12.9. The first kappa shape index (κ1) is 14.7. The van der Waals surface area contributed by atoms with Crippen LogP contribution in [-0.2, 0) is 6.42 Å². The van der Waals surface area contributed by atoms with Gasteiger partial charge in [0.1, 0.15) is 0 Å². The molecule has 17 heavy (non-hydrogen) atoms. The van der Waals surface area contributed by atoms with Crippen molar-refractivity contribution < 1.29 is 0 Å². The van der Waals surface area contributed by atoms with Gasteiger partial charge in [0, 0.05) is 16.6 Å². The first-order valence-corrected chi connectivity index (χ1v) is 7.05. The van der Waals surface area contributed by atoms with Crippen molar-refractivity contribution in [3.8, 4) is 0 Å². The molecule has 1 aromatic carbocycles. The Kier molecular flexibility index (Phi) is 5.63. The Balaban J connectivity index is 2.92. The predicted octanol–water partition coefficient (Wildman–Crippen LogP) is 3.05. The molecule has 0 fully saturated rings. The normalized spacial score (nSPS) is 14.9. The maximum atomic E-state index is 6.00. The summed E-state index contributed by atoms with van der Waals surface area (Å²) in [6.45, 7) is 9.38. The monoisotopic (exact) mass is 298 g/mol. The average molecular weight is 299 g/mol. The molecule has 0 aliphatic carbocycles. The van der Waals surface area contributed by atoms with Crippen molar-refractivity contribution >= 4 is 15.9 Å². The fraction of sp³-hybridized carbons (Fsp3) is 0.571. The van der Waals surface area contributed by atoms with E-state index in [-0.39, 0.29) is 5.54 Å². The summed E-state index contributed by atoms with van der Waals surface area (Å²) in [4.78, 5) is 2.44. The van der Waals surface area contributed by atoms with Crippen molar-refractivity contribution in [1.29, 1.82) is 0 Å². The molecule has 0 amide bonds. The summed E-state index contributed by atoms with van der Waals surface area (Å²) in [5, 5.41) is 0. The van der Waals surface area contributed by atoms with Crippen molar-refractivity contribution in [2.75, 3.05) is 19.6 Å². The van der Waals surface area contributed by atoms with Crippen LogP contribution in [0, 0.1) is 0 Å². The quantitative estimate of drug-likeness (QED) is 0.875. The van der Waals surface area contributed by atoms with Gasteiger partial charge in [-0.2, -0.15) is 0 Å². The van der Waals surface area contributed by atoms with E-state index in [0.29, 0.717) is 6.54 Å². The van der Waals surface area contributed by atoms with Crippen molar-refractivity contribution in [2.24, 2.45) is 5.73 Å². The molecule has 2 nitrogen and oxygen atoms in total. The van der Waals surface area contributed by atoms with Gasteiger partial charge < -0.3 is 5.73 Å². The maximum Gasteiger partial charge on any atom is 0.0343 e. The van der Waals surface area contributed by atoms with Crippen molar-refractivity contribution in [3.63, 3.8) is 0 Å². The minimum absolute atomic E-state index is 0.0351. The van der Waals surface area contributed by atoms with Gasteiger partial charge in [0.15, 0.2) is 0 Å². The molecule has 96 valence electrons. The molecule has 0 aliphatic rings. The van der Waals surface area contributed by atoms with Gasteiger partial charge in [-0.15, -0.1) is 0 Å². The Labute approximate surface area is 113 Å². The second-order valence-electron chi connectivity index (χ2n) is 4.64. The van der Waals surface area contributed by atoms with Crippen molar-refractivity contribution in [2.45, 2.75) is 32.7 Å². The Hall–Kier alpha value is -0.380. The SMILES string of the molecule is CCN(CC)C(C)(CN)Cc1ccccc1Br. The Morgan fingerprint density at radius 2 is 1.82 bits per heavy atom. The lowest BCUT2D eigenvalue weighted by Gasteiger charge is -2.40. The summed E-state index contributed by atoms with van der Waals surface area (Å²) < 4.78 is 1.17. The second-order valence-corrected chi connectivity index (χ2v) is 5.50. The Morgan fingerprint density at radius 3 is 2.29 bits per heavy atom. The van der Waals surface area contributed by atoms with Gasteiger partial charge in [-0.05, 0) is 38.1 Å². The van der Waals surface area contributed by atoms with Crippen LogP contribution >= 0.6 is 15.9 Å². The third-order valence-corrected chi connectivity index (χ3v) is 4.27. The van der Waals surface area contributed by atoms with E-state index in [1.165, 1.54) is 10.0 Å². The zero-order valence-electron chi connectivity index (χ0n) is 11.0. The molecule has 0 saturated heterocycles. The fourth-order valence-corrected chi connectivity index (χ4v) is 2.78. The highest BCUT2D eigenvalue weighted by molar-refractivity contribution is 9.10. The lowest BCUT2D eigenvalue weighted by atomic mass is 9.91. The lowest BCUT2D eigenvalue weighted by Crippen LogP contribution is -2.53. The van der Waals surface area contributed by atoms with E-state index in [0.717, 1.165) is 19.5 Å². The van der Waals surface area contributed by atoms with Crippen LogP contribution in [0.3, 0.4) is 0 Å². The summed E-state index contributed by atoms with van der Waals surface area (Å²) in [5.74, 6) is 0. The van der Waals surface area contributed by atoms with Gasteiger partial charge >= 0.3 is 0 Å². The molecule has 3 heteroatoms. The highest BCUT2D eigenvalue weighted by Crippen LogP contribution is 2.24. The molecule has 0 heterocycles. The van der Waals surface area contributed by atoms with E-state index >= 15 is 0 Å². The first-order chi connectivity index (χ1) is 8.07. The molecule has 0 radical (unpaired) electrons. The van der Waals surface area contributed by atoms with E-state index in [9.17, 15) is 0 Å². The molecule has 0 aliphatic heterocycles. The number of rotatable bonds is 6. The van der Waals surface area contributed by atoms with Crippen LogP contribution in [0.25, 0.3) is 0 Å². The molecule has 0 saturated carbocycles. The molecule has 0 bridgehead atoms. The highest BCUT2D eigenvalue weighted by Gasteiger charge is 2.29. The third-order valence-electron chi connectivity index (χ3n) is 3.50. The topological polar surface area (TPSA) is 29.3 Å². The van der Waals surface area contributed by atoms with Crippen LogP contribution in [-0.4, -0.2) is 30.1 Å². The second kappa shape index (κ2) is 6.53.